The van der Waals surface area contributed by atoms with Crippen LogP contribution in [-0.2, 0) is 6.54 Å². The third kappa shape index (κ3) is 0.653. The van der Waals surface area contributed by atoms with E-state index in [0.29, 0.717) is 0 Å². The van der Waals surface area contributed by atoms with Gasteiger partial charge in [-0.1, -0.05) is 12.1 Å². The Kier molecular flexibility index (Phi) is 0.890. The number of benzene rings is 1. The molecule has 0 amide bonds. The van der Waals surface area contributed by atoms with Crippen molar-refractivity contribution in [2.24, 2.45) is 4.99 Å². The van der Waals surface area contributed by atoms with Crippen molar-refractivity contribution in [3.05, 3.63) is 35.4 Å². The molecule has 1 aliphatic heterocycles. The lowest BCUT2D eigenvalue weighted by Gasteiger charge is -1.90. The van der Waals surface area contributed by atoms with E-state index in [1.54, 1.807) is 0 Å². The maximum Gasteiger partial charge on any atom is 0.0646 e. The molecule has 0 N–H and O–H groups in total. The number of rotatable bonds is 0. The van der Waals surface area contributed by atoms with Crippen LogP contribution < -0.4 is 0 Å². The SMILES string of the molecule is [c]1ccc2c(c1)C=NC2. The monoisotopic (exact) mass is 116 g/mol. The standard InChI is InChI=1S/C8H6N/c1-2-4-8-6-9-5-7(8)3-1/h1,3-4,6H,5H2. The Morgan fingerprint density at radius 3 is 3.44 bits per heavy atom. The van der Waals surface area contributed by atoms with E-state index in [-0.39, 0.29) is 0 Å². The fourth-order valence-corrected chi connectivity index (χ4v) is 0.982. The highest BCUT2D eigenvalue weighted by molar-refractivity contribution is 5.84. The van der Waals surface area contributed by atoms with Crippen LogP contribution in [0.4, 0.5) is 0 Å². The number of hydrogen-bond donors (Lipinski definition) is 0. The van der Waals surface area contributed by atoms with Crippen LogP contribution in [0.15, 0.2) is 23.2 Å². The first kappa shape index (κ1) is 4.74. The lowest BCUT2D eigenvalue weighted by Crippen LogP contribution is -1.80. The van der Waals surface area contributed by atoms with Crippen LogP contribution in [0.1, 0.15) is 11.1 Å². The molecule has 0 atom stereocenters. The number of fused-ring (bicyclic) bond motifs is 1. The van der Waals surface area contributed by atoms with Crippen LogP contribution in [0.5, 0.6) is 0 Å². The molecule has 9 heavy (non-hydrogen) atoms. The largest absolute Gasteiger partial charge is 0.288 e. The minimum absolute atomic E-state index is 0.851. The molecule has 1 heteroatoms. The van der Waals surface area contributed by atoms with Gasteiger partial charge < -0.3 is 0 Å². The topological polar surface area (TPSA) is 12.4 Å². The number of hydrogen-bond acceptors (Lipinski definition) is 1. The van der Waals surface area contributed by atoms with Crippen molar-refractivity contribution in [3.63, 3.8) is 0 Å². The second-order valence-corrected chi connectivity index (χ2v) is 2.09. The first-order chi connectivity index (χ1) is 4.47. The minimum atomic E-state index is 0.851. The number of aliphatic imine (C=N–C) groups is 1. The molecule has 0 saturated carbocycles. The van der Waals surface area contributed by atoms with Crippen LogP contribution in [-0.4, -0.2) is 6.21 Å². The Morgan fingerprint density at radius 2 is 2.56 bits per heavy atom. The Balaban J connectivity index is 2.63. The maximum atomic E-state index is 4.11. The Hall–Kier alpha value is -1.11. The molecular weight excluding hydrogens is 110 g/mol. The Labute approximate surface area is 54.1 Å². The molecule has 0 spiro atoms. The molecule has 0 unspecified atom stereocenters. The van der Waals surface area contributed by atoms with Gasteiger partial charge in [-0.15, -0.1) is 0 Å². The average Bonchev–Trinajstić information content (AvgIpc) is 2.33. The van der Waals surface area contributed by atoms with Gasteiger partial charge >= 0.3 is 0 Å². The highest BCUT2D eigenvalue weighted by Gasteiger charge is 2.01. The smallest absolute Gasteiger partial charge is 0.0646 e. The Bertz CT molecular complexity index is 250. The summed E-state index contributed by atoms with van der Waals surface area (Å²) in [5, 5.41) is 0. The van der Waals surface area contributed by atoms with Crippen molar-refractivity contribution < 1.29 is 0 Å². The Morgan fingerprint density at radius 1 is 1.56 bits per heavy atom. The third-order valence-electron chi connectivity index (χ3n) is 1.48. The molecular formula is C8H6N. The van der Waals surface area contributed by atoms with Gasteiger partial charge in [-0.25, -0.2) is 0 Å². The van der Waals surface area contributed by atoms with Gasteiger partial charge in [0.2, 0.25) is 0 Å². The first-order valence-electron chi connectivity index (χ1n) is 2.95. The summed E-state index contributed by atoms with van der Waals surface area (Å²) in [6, 6.07) is 8.95. The minimum Gasteiger partial charge on any atom is -0.288 e. The van der Waals surface area contributed by atoms with Crippen molar-refractivity contribution >= 4 is 6.21 Å². The van der Waals surface area contributed by atoms with E-state index >= 15 is 0 Å². The summed E-state index contributed by atoms with van der Waals surface area (Å²) >= 11 is 0. The molecule has 0 saturated heterocycles. The molecule has 0 bridgehead atoms. The molecule has 1 aromatic carbocycles. The zero-order valence-corrected chi connectivity index (χ0v) is 4.96. The first-order valence-corrected chi connectivity index (χ1v) is 2.95. The summed E-state index contributed by atoms with van der Waals surface area (Å²) in [4.78, 5) is 4.11. The second kappa shape index (κ2) is 1.69. The van der Waals surface area contributed by atoms with E-state index in [0.717, 1.165) is 6.54 Å². The summed E-state index contributed by atoms with van der Waals surface area (Å²) in [5.41, 5.74) is 2.53. The predicted molar refractivity (Wildman–Crippen MR) is 36.6 cm³/mol. The fraction of sp³-hybridized carbons (Fsp3) is 0.125. The molecule has 1 aliphatic rings. The molecule has 0 aliphatic carbocycles. The van der Waals surface area contributed by atoms with E-state index in [4.69, 9.17) is 0 Å². The molecule has 1 heterocycles. The van der Waals surface area contributed by atoms with Crippen molar-refractivity contribution in [1.29, 1.82) is 0 Å². The summed E-state index contributed by atoms with van der Waals surface area (Å²) < 4.78 is 0. The fourth-order valence-electron chi connectivity index (χ4n) is 0.982. The van der Waals surface area contributed by atoms with Gasteiger partial charge in [-0.3, -0.25) is 4.99 Å². The van der Waals surface area contributed by atoms with Crippen molar-refractivity contribution in [2.45, 2.75) is 6.54 Å². The average molecular weight is 116 g/mol. The van der Waals surface area contributed by atoms with E-state index in [9.17, 15) is 0 Å². The lowest BCUT2D eigenvalue weighted by atomic mass is 10.1. The van der Waals surface area contributed by atoms with E-state index in [2.05, 4.69) is 17.1 Å². The van der Waals surface area contributed by atoms with E-state index in [1.165, 1.54) is 11.1 Å². The summed E-state index contributed by atoms with van der Waals surface area (Å²) in [6.45, 7) is 0.851. The number of nitrogens with zero attached hydrogens (tertiary/aromatic N) is 1. The van der Waals surface area contributed by atoms with Crippen molar-refractivity contribution in [3.8, 4) is 0 Å². The van der Waals surface area contributed by atoms with Gasteiger partial charge in [-0.2, -0.15) is 0 Å². The van der Waals surface area contributed by atoms with Crippen LogP contribution in [0, 0.1) is 6.07 Å². The molecule has 43 valence electrons. The van der Waals surface area contributed by atoms with Crippen molar-refractivity contribution in [1.82, 2.24) is 0 Å². The normalized spacial score (nSPS) is 13.8. The van der Waals surface area contributed by atoms with Gasteiger partial charge in [0, 0.05) is 6.21 Å². The van der Waals surface area contributed by atoms with Crippen LogP contribution in [0.3, 0.4) is 0 Å². The zero-order chi connectivity index (χ0) is 6.10. The lowest BCUT2D eigenvalue weighted by molar-refractivity contribution is 1.11. The highest BCUT2D eigenvalue weighted by atomic mass is 14.7. The van der Waals surface area contributed by atoms with Crippen LogP contribution in [0.25, 0.3) is 0 Å². The van der Waals surface area contributed by atoms with Crippen LogP contribution >= 0.6 is 0 Å². The second-order valence-electron chi connectivity index (χ2n) is 2.09. The highest BCUT2D eigenvalue weighted by Crippen LogP contribution is 2.11. The predicted octanol–water partition coefficient (Wildman–Crippen LogP) is 1.42. The molecule has 1 radical (unpaired) electrons. The van der Waals surface area contributed by atoms with Gasteiger partial charge in [0.25, 0.3) is 0 Å². The molecule has 0 aromatic heterocycles. The molecule has 1 nitrogen and oxygen atoms in total. The quantitative estimate of drug-likeness (QED) is 0.486. The summed E-state index contributed by atoms with van der Waals surface area (Å²) in [5.74, 6) is 0. The van der Waals surface area contributed by atoms with E-state index < -0.39 is 0 Å². The van der Waals surface area contributed by atoms with Gasteiger partial charge in [0.05, 0.1) is 6.54 Å². The molecule has 2 rings (SSSR count). The third-order valence-corrected chi connectivity index (χ3v) is 1.48. The van der Waals surface area contributed by atoms with Gasteiger partial charge in [-0.05, 0) is 23.3 Å². The van der Waals surface area contributed by atoms with Gasteiger partial charge in [0.15, 0.2) is 0 Å². The van der Waals surface area contributed by atoms with Crippen LogP contribution in [0.2, 0.25) is 0 Å². The summed E-state index contributed by atoms with van der Waals surface area (Å²) in [6.07, 6.45) is 1.89. The zero-order valence-electron chi connectivity index (χ0n) is 4.96. The molecule has 1 aromatic rings. The molecule has 0 fully saturated rings. The maximum absolute atomic E-state index is 4.11. The van der Waals surface area contributed by atoms with E-state index in [1.807, 2.05) is 18.3 Å². The van der Waals surface area contributed by atoms with Crippen molar-refractivity contribution in [2.75, 3.05) is 0 Å². The van der Waals surface area contributed by atoms with Gasteiger partial charge in [0.1, 0.15) is 0 Å². The summed E-state index contributed by atoms with van der Waals surface area (Å²) in [7, 11) is 0.